The average molecular weight is 440 g/mol. The third kappa shape index (κ3) is 3.35. The van der Waals surface area contributed by atoms with Crippen molar-refractivity contribution in [1.29, 1.82) is 0 Å². The summed E-state index contributed by atoms with van der Waals surface area (Å²) in [5, 5.41) is 10.0. The summed E-state index contributed by atoms with van der Waals surface area (Å²) in [5.74, 6) is 0.181. The second kappa shape index (κ2) is 7.30. The van der Waals surface area contributed by atoms with Crippen molar-refractivity contribution in [2.45, 2.75) is 102 Å². The minimum Gasteiger partial charge on any atom is -0.399 e. The number of rotatable bonds is 3. The molecule has 1 N–H and O–H groups in total. The fraction of sp³-hybridized carbons (Fsp3) is 0.720. The smallest absolute Gasteiger partial charge is 0.399 e. The highest BCUT2D eigenvalue weighted by atomic mass is 16.7. The van der Waals surface area contributed by atoms with E-state index >= 15 is 0 Å². The Labute approximate surface area is 192 Å². The number of β-amino-alcohol motifs (C(OH)–C–C–N with tert-alkyl or cyclic N) is 1. The number of amides is 1. The van der Waals surface area contributed by atoms with E-state index in [0.29, 0.717) is 6.04 Å². The van der Waals surface area contributed by atoms with Crippen molar-refractivity contribution < 1.29 is 19.2 Å². The lowest BCUT2D eigenvalue weighted by atomic mass is 9.76. The van der Waals surface area contributed by atoms with Gasteiger partial charge in [0.2, 0.25) is 5.91 Å². The van der Waals surface area contributed by atoms with Crippen LogP contribution in [-0.2, 0) is 19.5 Å². The first kappa shape index (κ1) is 22.4. The molecule has 2 saturated heterocycles. The summed E-state index contributed by atoms with van der Waals surface area (Å²) in [7, 11) is -0.435. The van der Waals surface area contributed by atoms with Crippen molar-refractivity contribution >= 4 is 24.2 Å². The van der Waals surface area contributed by atoms with Crippen molar-refractivity contribution in [2.24, 2.45) is 0 Å². The van der Waals surface area contributed by atoms with Gasteiger partial charge in [0.15, 0.2) is 0 Å². The van der Waals surface area contributed by atoms with Gasteiger partial charge in [0, 0.05) is 24.3 Å². The Morgan fingerprint density at radius 2 is 1.69 bits per heavy atom. The highest BCUT2D eigenvalue weighted by Gasteiger charge is 2.54. The summed E-state index contributed by atoms with van der Waals surface area (Å²) in [6.45, 7) is 14.1. The van der Waals surface area contributed by atoms with Gasteiger partial charge in [0.1, 0.15) is 0 Å². The van der Waals surface area contributed by atoms with E-state index in [4.69, 9.17) is 9.31 Å². The van der Waals surface area contributed by atoms with Crippen LogP contribution in [0.1, 0.15) is 72.8 Å². The molecule has 0 bridgehead atoms. The number of aliphatic hydroxyl groups excluding tert-OH is 1. The van der Waals surface area contributed by atoms with Gasteiger partial charge < -0.3 is 19.3 Å². The van der Waals surface area contributed by atoms with Gasteiger partial charge in [-0.15, -0.1) is 0 Å². The van der Waals surface area contributed by atoms with E-state index in [0.717, 1.165) is 55.5 Å². The fourth-order valence-corrected chi connectivity index (χ4v) is 5.67. The van der Waals surface area contributed by atoms with Crippen LogP contribution >= 0.6 is 0 Å². The van der Waals surface area contributed by atoms with Crippen LogP contribution in [0.2, 0.25) is 0 Å². The molecule has 3 fully saturated rings. The predicted molar refractivity (Wildman–Crippen MR) is 126 cm³/mol. The first-order valence-corrected chi connectivity index (χ1v) is 12.2. The van der Waals surface area contributed by atoms with Gasteiger partial charge in [-0.1, -0.05) is 12.1 Å². The number of likely N-dealkylation sites (tertiary alicyclic amines) is 1. The molecule has 0 aromatic heterocycles. The van der Waals surface area contributed by atoms with Crippen molar-refractivity contribution in [2.75, 3.05) is 18.0 Å². The summed E-state index contributed by atoms with van der Waals surface area (Å²) in [4.78, 5) is 18.0. The third-order valence-electron chi connectivity index (χ3n) is 8.63. The zero-order valence-corrected chi connectivity index (χ0v) is 20.4. The number of anilines is 1. The Balaban J connectivity index is 1.39. The zero-order valence-electron chi connectivity index (χ0n) is 20.4. The SMILES string of the molecule is CC1(C)C(=O)N(C2CC(N3CCC[C@@H](O)C3)C2)c2cc(B3OC(C)(C)C(C)(C)O3)ccc21. The normalized spacial score (nSPS) is 33.3. The van der Waals surface area contributed by atoms with Gasteiger partial charge in [-0.2, -0.15) is 0 Å². The van der Waals surface area contributed by atoms with E-state index < -0.39 is 23.7 Å². The third-order valence-corrected chi connectivity index (χ3v) is 8.63. The summed E-state index contributed by atoms with van der Waals surface area (Å²) < 4.78 is 12.6. The summed E-state index contributed by atoms with van der Waals surface area (Å²) in [6.07, 6.45) is 3.68. The van der Waals surface area contributed by atoms with Gasteiger partial charge >= 0.3 is 7.12 Å². The molecule has 1 aliphatic carbocycles. The lowest BCUT2D eigenvalue weighted by molar-refractivity contribution is -0.123. The Morgan fingerprint density at radius 3 is 2.31 bits per heavy atom. The number of hydrogen-bond acceptors (Lipinski definition) is 5. The van der Waals surface area contributed by atoms with E-state index in [1.807, 2.05) is 18.7 Å². The molecule has 0 radical (unpaired) electrons. The molecule has 1 atom stereocenters. The van der Waals surface area contributed by atoms with E-state index in [1.54, 1.807) is 0 Å². The molecule has 0 unspecified atom stereocenters. The van der Waals surface area contributed by atoms with Gasteiger partial charge in [-0.3, -0.25) is 9.69 Å². The minimum atomic E-state index is -0.532. The Bertz CT molecular complexity index is 909. The molecule has 5 rings (SSSR count). The highest BCUT2D eigenvalue weighted by molar-refractivity contribution is 6.62. The summed E-state index contributed by atoms with van der Waals surface area (Å²) >= 11 is 0. The zero-order chi connectivity index (χ0) is 23.1. The number of hydrogen-bond donors (Lipinski definition) is 1. The summed E-state index contributed by atoms with van der Waals surface area (Å²) in [6, 6.07) is 6.92. The van der Waals surface area contributed by atoms with Crippen molar-refractivity contribution in [3.63, 3.8) is 0 Å². The predicted octanol–water partition coefficient (Wildman–Crippen LogP) is 2.60. The van der Waals surface area contributed by atoms with E-state index in [2.05, 4.69) is 50.8 Å². The van der Waals surface area contributed by atoms with Crippen LogP contribution in [-0.4, -0.2) is 65.5 Å². The molecule has 1 aromatic carbocycles. The molecule has 3 aliphatic heterocycles. The molecule has 7 heteroatoms. The number of aliphatic hydroxyl groups is 1. The molecule has 3 heterocycles. The van der Waals surface area contributed by atoms with Crippen LogP contribution in [0.4, 0.5) is 5.69 Å². The van der Waals surface area contributed by atoms with Gasteiger partial charge in [-0.05, 0) is 90.9 Å². The number of piperidine rings is 1. The number of nitrogens with zero attached hydrogens (tertiary/aromatic N) is 2. The minimum absolute atomic E-state index is 0.181. The standard InChI is InChI=1S/C25H37BN2O4/c1-23(2)20-10-9-16(26-31-24(3,4)25(5,6)32-26)12-21(20)28(22(23)30)18-13-17(14-18)27-11-7-8-19(29)15-27/h9-10,12,17-19,29H,7-8,11,13-15H2,1-6H3/t17?,18?,19-/m1/s1. The lowest BCUT2D eigenvalue weighted by Crippen LogP contribution is -2.58. The van der Waals surface area contributed by atoms with Crippen LogP contribution in [0, 0.1) is 0 Å². The molecule has 0 spiro atoms. The largest absolute Gasteiger partial charge is 0.494 e. The average Bonchev–Trinajstić information content (AvgIpc) is 3.01. The van der Waals surface area contributed by atoms with Crippen LogP contribution in [0.3, 0.4) is 0 Å². The number of fused-ring (bicyclic) bond motifs is 1. The quantitative estimate of drug-likeness (QED) is 0.733. The van der Waals surface area contributed by atoms with Crippen LogP contribution in [0.15, 0.2) is 18.2 Å². The lowest BCUT2D eigenvalue weighted by Gasteiger charge is -2.48. The summed E-state index contributed by atoms with van der Waals surface area (Å²) in [5.41, 5.74) is 1.73. The van der Waals surface area contributed by atoms with Gasteiger partial charge in [0.05, 0.1) is 22.7 Å². The first-order valence-electron chi connectivity index (χ1n) is 12.2. The van der Waals surface area contributed by atoms with E-state index in [1.165, 1.54) is 0 Å². The second-order valence-electron chi connectivity index (χ2n) is 11.7. The van der Waals surface area contributed by atoms with Crippen LogP contribution < -0.4 is 10.4 Å². The maximum absolute atomic E-state index is 13.5. The number of benzene rings is 1. The van der Waals surface area contributed by atoms with E-state index in [-0.39, 0.29) is 18.1 Å². The first-order chi connectivity index (χ1) is 14.9. The van der Waals surface area contributed by atoms with E-state index in [9.17, 15) is 9.90 Å². The Morgan fingerprint density at radius 1 is 1.03 bits per heavy atom. The van der Waals surface area contributed by atoms with Gasteiger partial charge in [0.25, 0.3) is 0 Å². The maximum atomic E-state index is 13.5. The molecule has 4 aliphatic rings. The molecular formula is C25H37BN2O4. The molecular weight excluding hydrogens is 403 g/mol. The molecule has 174 valence electrons. The van der Waals surface area contributed by atoms with Crippen LogP contribution in [0.5, 0.6) is 0 Å². The topological polar surface area (TPSA) is 62.2 Å². The molecule has 1 amide bonds. The van der Waals surface area contributed by atoms with Crippen LogP contribution in [0.25, 0.3) is 0 Å². The molecule has 6 nitrogen and oxygen atoms in total. The molecule has 1 saturated carbocycles. The second-order valence-corrected chi connectivity index (χ2v) is 11.7. The van der Waals surface area contributed by atoms with Gasteiger partial charge in [-0.25, -0.2) is 0 Å². The Kier molecular flexibility index (Phi) is 5.10. The molecule has 32 heavy (non-hydrogen) atoms. The fourth-order valence-electron chi connectivity index (χ4n) is 5.67. The molecule has 1 aromatic rings. The Hall–Kier alpha value is -1.41. The number of carbonyl (C=O) groups is 1. The maximum Gasteiger partial charge on any atom is 0.494 e. The van der Waals surface area contributed by atoms with Crippen molar-refractivity contribution in [3.8, 4) is 0 Å². The highest BCUT2D eigenvalue weighted by Crippen LogP contribution is 2.46. The van der Waals surface area contributed by atoms with Crippen molar-refractivity contribution in [3.05, 3.63) is 23.8 Å². The monoisotopic (exact) mass is 440 g/mol. The van der Waals surface area contributed by atoms with Crippen molar-refractivity contribution in [1.82, 2.24) is 4.90 Å². The number of carbonyl (C=O) groups excluding carboxylic acids is 1.